The molecule has 0 spiro atoms. The lowest BCUT2D eigenvalue weighted by Crippen LogP contribution is -2.12. The predicted molar refractivity (Wildman–Crippen MR) is 75.4 cm³/mol. The van der Waals surface area contributed by atoms with Crippen LogP contribution < -0.4 is 5.73 Å². The van der Waals surface area contributed by atoms with Gasteiger partial charge in [-0.1, -0.05) is 15.9 Å². The Kier molecular flexibility index (Phi) is 3.28. The Balaban J connectivity index is 1.95. The van der Waals surface area contributed by atoms with Gasteiger partial charge in [-0.25, -0.2) is 4.68 Å². The second-order valence-electron chi connectivity index (χ2n) is 4.29. The third-order valence-electron chi connectivity index (χ3n) is 2.79. The fourth-order valence-electron chi connectivity index (χ4n) is 1.70. The number of nitrogens with zero attached hydrogens (tertiary/aromatic N) is 4. The Hall–Kier alpha value is -1.41. The van der Waals surface area contributed by atoms with E-state index in [0.717, 1.165) is 27.4 Å². The monoisotopic (exact) mass is 338 g/mol. The summed E-state index contributed by atoms with van der Waals surface area (Å²) in [4.78, 5) is 0.874. The van der Waals surface area contributed by atoms with E-state index in [0.29, 0.717) is 11.6 Å². The second kappa shape index (κ2) is 4.93. The van der Waals surface area contributed by atoms with Crippen molar-refractivity contribution in [2.75, 3.05) is 0 Å². The van der Waals surface area contributed by atoms with Gasteiger partial charge in [0.05, 0.1) is 6.04 Å². The predicted octanol–water partition coefficient (Wildman–Crippen LogP) is 2.21. The number of tetrazole rings is 1. The Morgan fingerprint density at radius 2 is 2.26 bits per heavy atom. The number of nitrogen functional groups attached to an aromatic ring is 1. The molecule has 3 N–H and O–H groups in total. The zero-order valence-electron chi connectivity index (χ0n) is 9.88. The van der Waals surface area contributed by atoms with Crippen LogP contribution in [0.2, 0.25) is 0 Å². The quantitative estimate of drug-likeness (QED) is 0.658. The van der Waals surface area contributed by atoms with Gasteiger partial charge in [0.25, 0.3) is 0 Å². The number of nitrogens with two attached hydrogens (primary N) is 1. The molecule has 0 radical (unpaired) electrons. The molecule has 0 atom stereocenters. The van der Waals surface area contributed by atoms with Gasteiger partial charge in [-0.05, 0) is 53.2 Å². The fourth-order valence-corrected chi connectivity index (χ4v) is 3.24. The molecule has 1 saturated carbocycles. The van der Waals surface area contributed by atoms with E-state index in [-0.39, 0.29) is 5.84 Å². The molecule has 1 aromatic carbocycles. The highest BCUT2D eigenvalue weighted by Crippen LogP contribution is 2.39. The van der Waals surface area contributed by atoms with E-state index in [9.17, 15) is 0 Å². The number of hydrogen-bond acceptors (Lipinski definition) is 5. The minimum absolute atomic E-state index is 0.0421. The molecule has 3 rings (SSSR count). The molecule has 0 aliphatic heterocycles. The van der Waals surface area contributed by atoms with Crippen molar-refractivity contribution in [2.24, 2.45) is 5.73 Å². The first kappa shape index (κ1) is 12.6. The lowest BCUT2D eigenvalue weighted by molar-refractivity contribution is 0.565. The number of benzene rings is 1. The van der Waals surface area contributed by atoms with Crippen LogP contribution in [0.15, 0.2) is 32.7 Å². The van der Waals surface area contributed by atoms with Crippen LogP contribution in [0, 0.1) is 5.41 Å². The summed E-state index contributed by atoms with van der Waals surface area (Å²) in [6, 6.07) is 6.03. The molecule has 98 valence electrons. The number of amidine groups is 1. The maximum absolute atomic E-state index is 7.62. The van der Waals surface area contributed by atoms with Crippen molar-refractivity contribution in [2.45, 2.75) is 28.9 Å². The van der Waals surface area contributed by atoms with Crippen molar-refractivity contribution < 1.29 is 0 Å². The summed E-state index contributed by atoms with van der Waals surface area (Å²) in [5.74, 6) is 0.0421. The molecule has 1 aromatic heterocycles. The molecule has 1 fully saturated rings. The molecule has 0 saturated heterocycles. The van der Waals surface area contributed by atoms with Crippen molar-refractivity contribution in [3.05, 3.63) is 28.2 Å². The first-order valence-electron chi connectivity index (χ1n) is 5.75. The standard InChI is InChI=1S/C11H11BrN6S/c12-6-1-4-8(10(13)14)9(5-6)19-11-15-16-17-18(11)7-2-3-7/h1,4-5,7H,2-3H2,(H3,13,14). The van der Waals surface area contributed by atoms with E-state index in [2.05, 4.69) is 31.5 Å². The van der Waals surface area contributed by atoms with Gasteiger partial charge in [0, 0.05) is 14.9 Å². The molecule has 19 heavy (non-hydrogen) atoms. The first-order chi connectivity index (χ1) is 9.15. The molecule has 1 aliphatic carbocycles. The van der Waals surface area contributed by atoms with E-state index < -0.39 is 0 Å². The van der Waals surface area contributed by atoms with E-state index in [1.807, 2.05) is 22.9 Å². The third kappa shape index (κ3) is 2.64. The zero-order valence-corrected chi connectivity index (χ0v) is 12.3. The summed E-state index contributed by atoms with van der Waals surface area (Å²) in [6.45, 7) is 0. The fraction of sp³-hybridized carbons (Fsp3) is 0.273. The van der Waals surface area contributed by atoms with Gasteiger partial charge in [0.15, 0.2) is 0 Å². The highest BCUT2D eigenvalue weighted by atomic mass is 79.9. The summed E-state index contributed by atoms with van der Waals surface area (Å²) in [6.07, 6.45) is 2.24. The van der Waals surface area contributed by atoms with Crippen LogP contribution in [0.3, 0.4) is 0 Å². The van der Waals surface area contributed by atoms with Crippen molar-refractivity contribution in [3.8, 4) is 0 Å². The number of hydrogen-bond donors (Lipinski definition) is 2. The highest BCUT2D eigenvalue weighted by Gasteiger charge is 2.28. The summed E-state index contributed by atoms with van der Waals surface area (Å²) in [5, 5.41) is 20.1. The Labute approximate surface area is 122 Å². The van der Waals surface area contributed by atoms with E-state index in [4.69, 9.17) is 11.1 Å². The lowest BCUT2D eigenvalue weighted by atomic mass is 10.2. The van der Waals surface area contributed by atoms with Gasteiger partial charge < -0.3 is 5.73 Å². The van der Waals surface area contributed by atoms with Gasteiger partial charge >= 0.3 is 0 Å². The van der Waals surface area contributed by atoms with Crippen LogP contribution in [-0.2, 0) is 0 Å². The largest absolute Gasteiger partial charge is 0.384 e. The Morgan fingerprint density at radius 3 is 2.95 bits per heavy atom. The zero-order chi connectivity index (χ0) is 13.4. The summed E-state index contributed by atoms with van der Waals surface area (Å²) in [7, 11) is 0. The van der Waals surface area contributed by atoms with Gasteiger partial charge in [-0.2, -0.15) is 0 Å². The Morgan fingerprint density at radius 1 is 1.47 bits per heavy atom. The van der Waals surface area contributed by atoms with Crippen molar-refractivity contribution in [1.29, 1.82) is 5.41 Å². The normalized spacial score (nSPS) is 14.6. The van der Waals surface area contributed by atoms with Crippen LogP contribution >= 0.6 is 27.7 Å². The van der Waals surface area contributed by atoms with Crippen LogP contribution in [0.25, 0.3) is 0 Å². The molecule has 0 bridgehead atoms. The summed E-state index contributed by atoms with van der Waals surface area (Å²) in [5.41, 5.74) is 6.29. The van der Waals surface area contributed by atoms with Crippen LogP contribution in [-0.4, -0.2) is 26.0 Å². The minimum Gasteiger partial charge on any atom is -0.384 e. The molecular weight excluding hydrogens is 328 g/mol. The third-order valence-corrected chi connectivity index (χ3v) is 4.29. The van der Waals surface area contributed by atoms with E-state index in [1.54, 1.807) is 0 Å². The maximum Gasteiger partial charge on any atom is 0.214 e. The molecule has 1 aliphatic rings. The first-order valence-corrected chi connectivity index (χ1v) is 7.36. The van der Waals surface area contributed by atoms with Gasteiger partial charge in [0.1, 0.15) is 5.84 Å². The molecule has 0 amide bonds. The summed E-state index contributed by atoms with van der Waals surface area (Å²) >= 11 is 4.86. The number of halogens is 1. The van der Waals surface area contributed by atoms with E-state index in [1.165, 1.54) is 11.8 Å². The average molecular weight is 339 g/mol. The van der Waals surface area contributed by atoms with Gasteiger partial charge in [-0.3, -0.25) is 5.41 Å². The lowest BCUT2D eigenvalue weighted by Gasteiger charge is -2.08. The van der Waals surface area contributed by atoms with E-state index >= 15 is 0 Å². The SMILES string of the molecule is N=C(N)c1ccc(Br)cc1Sc1nnnn1C1CC1. The van der Waals surface area contributed by atoms with Crippen molar-refractivity contribution >= 4 is 33.5 Å². The summed E-state index contributed by atoms with van der Waals surface area (Å²) < 4.78 is 2.78. The molecule has 6 nitrogen and oxygen atoms in total. The minimum atomic E-state index is 0.0421. The molecule has 8 heteroatoms. The topological polar surface area (TPSA) is 93.5 Å². The van der Waals surface area contributed by atoms with Crippen molar-refractivity contribution in [1.82, 2.24) is 20.2 Å². The van der Waals surface area contributed by atoms with Gasteiger partial charge in [-0.15, -0.1) is 5.10 Å². The smallest absolute Gasteiger partial charge is 0.214 e. The average Bonchev–Trinajstić information content (AvgIpc) is 3.10. The number of nitrogens with one attached hydrogen (secondary N) is 1. The number of rotatable bonds is 4. The molecular formula is C11H11BrN6S. The highest BCUT2D eigenvalue weighted by molar-refractivity contribution is 9.10. The Bertz CT molecular complexity index is 636. The second-order valence-corrected chi connectivity index (χ2v) is 6.22. The van der Waals surface area contributed by atoms with Crippen LogP contribution in [0.4, 0.5) is 0 Å². The van der Waals surface area contributed by atoms with Crippen LogP contribution in [0.1, 0.15) is 24.4 Å². The maximum atomic E-state index is 7.62. The van der Waals surface area contributed by atoms with Gasteiger partial charge in [0.2, 0.25) is 5.16 Å². The van der Waals surface area contributed by atoms with Crippen LogP contribution in [0.5, 0.6) is 0 Å². The van der Waals surface area contributed by atoms with Crippen molar-refractivity contribution in [3.63, 3.8) is 0 Å². The molecule has 2 aromatic rings. The number of aromatic nitrogens is 4. The molecule has 1 heterocycles. The molecule has 0 unspecified atom stereocenters.